The average Bonchev–Trinajstić information content (AvgIpc) is 3.14. The van der Waals surface area contributed by atoms with Crippen molar-refractivity contribution in [3.8, 4) is 0 Å². The van der Waals surface area contributed by atoms with Crippen LogP contribution in [0, 0.1) is 0 Å². The van der Waals surface area contributed by atoms with Crippen molar-refractivity contribution in [2.24, 2.45) is 0 Å². The topological polar surface area (TPSA) is 75.2 Å². The average molecular weight is 400 g/mol. The van der Waals surface area contributed by atoms with Crippen LogP contribution in [0.5, 0.6) is 0 Å². The molecule has 146 valence electrons. The van der Waals surface area contributed by atoms with Crippen molar-refractivity contribution >= 4 is 16.0 Å². The highest BCUT2D eigenvalue weighted by molar-refractivity contribution is 7.88. The maximum atomic E-state index is 12.6. The zero-order valence-electron chi connectivity index (χ0n) is 14.4. The fourth-order valence-corrected chi connectivity index (χ4v) is 3.90. The molecule has 2 aromatic rings. The van der Waals surface area contributed by atoms with Gasteiger partial charge in [0.25, 0.3) is 0 Å². The molecule has 6 nitrogen and oxygen atoms in total. The summed E-state index contributed by atoms with van der Waals surface area (Å²) in [5, 5.41) is 0. The minimum atomic E-state index is -4.45. The number of nitrogens with one attached hydrogen (secondary N) is 1. The van der Waals surface area contributed by atoms with Crippen molar-refractivity contribution in [1.82, 2.24) is 14.7 Å². The van der Waals surface area contributed by atoms with E-state index in [1.807, 2.05) is 4.90 Å². The minimum absolute atomic E-state index is 0.00761. The fourth-order valence-electron chi connectivity index (χ4n) is 2.80. The smallest absolute Gasteiger partial charge is 0.341 e. The summed E-state index contributed by atoms with van der Waals surface area (Å²) in [4.78, 5) is 10.6. The molecule has 0 radical (unpaired) electrons. The van der Waals surface area contributed by atoms with Crippen molar-refractivity contribution < 1.29 is 21.6 Å². The molecule has 1 aromatic carbocycles. The largest absolute Gasteiger partial charge is 0.416 e. The van der Waals surface area contributed by atoms with Crippen LogP contribution in [0.3, 0.4) is 0 Å². The Morgan fingerprint density at radius 1 is 1.07 bits per heavy atom. The van der Waals surface area contributed by atoms with E-state index in [0.717, 1.165) is 50.2 Å². The molecule has 10 heteroatoms. The molecular weight excluding hydrogens is 381 g/mol. The summed E-state index contributed by atoms with van der Waals surface area (Å²) < 4.78 is 64.5. The van der Waals surface area contributed by atoms with Gasteiger partial charge in [0.15, 0.2) is 0 Å². The highest BCUT2D eigenvalue weighted by Crippen LogP contribution is 2.29. The maximum absolute atomic E-state index is 12.6. The highest BCUT2D eigenvalue weighted by atomic mass is 32.2. The molecule has 0 amide bonds. The van der Waals surface area contributed by atoms with Gasteiger partial charge in [-0.05, 0) is 36.6 Å². The third-order valence-corrected chi connectivity index (χ3v) is 5.50. The lowest BCUT2D eigenvalue weighted by molar-refractivity contribution is -0.137. The van der Waals surface area contributed by atoms with E-state index in [1.165, 1.54) is 0 Å². The van der Waals surface area contributed by atoms with Gasteiger partial charge in [-0.2, -0.15) is 13.2 Å². The van der Waals surface area contributed by atoms with Gasteiger partial charge in [0.05, 0.1) is 23.6 Å². The maximum Gasteiger partial charge on any atom is 0.416 e. The number of nitrogens with zero attached hydrogens (tertiary/aromatic N) is 3. The Labute approximate surface area is 155 Å². The van der Waals surface area contributed by atoms with Gasteiger partial charge in [0.1, 0.15) is 0 Å². The zero-order chi connectivity index (χ0) is 19.5. The molecule has 0 unspecified atom stereocenters. The first-order chi connectivity index (χ1) is 12.7. The van der Waals surface area contributed by atoms with E-state index in [0.29, 0.717) is 11.6 Å². The number of halogens is 3. The third kappa shape index (κ3) is 5.39. The molecule has 0 saturated carbocycles. The van der Waals surface area contributed by atoms with Gasteiger partial charge in [-0.25, -0.2) is 23.1 Å². The predicted molar refractivity (Wildman–Crippen MR) is 94.4 cm³/mol. The van der Waals surface area contributed by atoms with Gasteiger partial charge in [0.2, 0.25) is 16.0 Å². The summed E-state index contributed by atoms with van der Waals surface area (Å²) in [7, 11) is -3.72. The summed E-state index contributed by atoms with van der Waals surface area (Å²) in [5.74, 6) is 0.168. The number of aromatic nitrogens is 2. The van der Waals surface area contributed by atoms with Gasteiger partial charge >= 0.3 is 6.18 Å². The summed E-state index contributed by atoms with van der Waals surface area (Å²) in [5.41, 5.74) is -0.00845. The van der Waals surface area contributed by atoms with Crippen LogP contribution >= 0.6 is 0 Å². The van der Waals surface area contributed by atoms with E-state index < -0.39 is 27.5 Å². The molecule has 27 heavy (non-hydrogen) atoms. The number of hydrogen-bond donors (Lipinski definition) is 1. The predicted octanol–water partition coefficient (Wildman–Crippen LogP) is 2.72. The summed E-state index contributed by atoms with van der Waals surface area (Å²) in [6.45, 7) is 1.75. The Morgan fingerprint density at radius 2 is 1.74 bits per heavy atom. The van der Waals surface area contributed by atoms with Crippen LogP contribution in [0.25, 0.3) is 0 Å². The number of anilines is 1. The number of rotatable bonds is 6. The van der Waals surface area contributed by atoms with Crippen LogP contribution in [-0.4, -0.2) is 31.5 Å². The van der Waals surface area contributed by atoms with Gasteiger partial charge in [-0.15, -0.1) is 0 Å². The van der Waals surface area contributed by atoms with Crippen LogP contribution in [0.2, 0.25) is 0 Å². The lowest BCUT2D eigenvalue weighted by Crippen LogP contribution is -2.26. The lowest BCUT2D eigenvalue weighted by atomic mass is 10.1. The lowest BCUT2D eigenvalue weighted by Gasteiger charge is -2.15. The monoisotopic (exact) mass is 400 g/mol. The van der Waals surface area contributed by atoms with E-state index in [9.17, 15) is 21.6 Å². The van der Waals surface area contributed by atoms with Crippen LogP contribution in [-0.2, 0) is 28.5 Å². The zero-order valence-corrected chi connectivity index (χ0v) is 15.2. The standard InChI is InChI=1S/C17H19F3N4O2S/c18-17(19,20)14-5-3-13(4-6-14)12-27(25,26)22-11-15-7-8-21-16(23-15)24-9-1-2-10-24/h3-8,22H,1-2,9-12H2. The van der Waals surface area contributed by atoms with E-state index in [-0.39, 0.29) is 12.1 Å². The van der Waals surface area contributed by atoms with Crippen molar-refractivity contribution in [3.05, 3.63) is 53.3 Å². The Kier molecular flexibility index (Phi) is 5.66. The van der Waals surface area contributed by atoms with Crippen molar-refractivity contribution in [1.29, 1.82) is 0 Å². The molecule has 1 aromatic heterocycles. The second-order valence-corrected chi connectivity index (χ2v) is 8.12. The Balaban J connectivity index is 1.61. The van der Waals surface area contributed by atoms with Gasteiger partial charge in [-0.1, -0.05) is 12.1 Å². The van der Waals surface area contributed by atoms with Gasteiger partial charge < -0.3 is 4.90 Å². The fraction of sp³-hybridized carbons (Fsp3) is 0.412. The number of benzene rings is 1. The Bertz CT molecular complexity index is 880. The molecule has 1 fully saturated rings. The normalized spacial score (nSPS) is 15.3. The molecule has 2 heterocycles. The first kappa shape index (κ1) is 19.6. The molecule has 0 aliphatic carbocycles. The van der Waals surface area contributed by atoms with E-state index >= 15 is 0 Å². The number of alkyl halides is 3. The second kappa shape index (κ2) is 7.81. The van der Waals surface area contributed by atoms with Gasteiger partial charge in [-0.3, -0.25) is 0 Å². The molecule has 0 atom stereocenters. The van der Waals surface area contributed by atoms with Gasteiger partial charge in [0, 0.05) is 19.3 Å². The Hall–Kier alpha value is -2.20. The molecule has 1 N–H and O–H groups in total. The first-order valence-electron chi connectivity index (χ1n) is 8.43. The highest BCUT2D eigenvalue weighted by Gasteiger charge is 2.30. The molecule has 3 rings (SSSR count). The number of sulfonamides is 1. The summed E-state index contributed by atoms with van der Waals surface area (Å²) in [6, 6.07) is 5.70. The quantitative estimate of drug-likeness (QED) is 0.807. The molecule has 1 aliphatic rings. The summed E-state index contributed by atoms with van der Waals surface area (Å²) >= 11 is 0. The van der Waals surface area contributed by atoms with E-state index in [4.69, 9.17) is 0 Å². The van der Waals surface area contributed by atoms with Crippen molar-refractivity contribution in [2.45, 2.75) is 31.3 Å². The van der Waals surface area contributed by atoms with E-state index in [1.54, 1.807) is 12.3 Å². The van der Waals surface area contributed by atoms with Crippen LogP contribution in [0.4, 0.5) is 19.1 Å². The number of hydrogen-bond acceptors (Lipinski definition) is 5. The minimum Gasteiger partial charge on any atom is -0.341 e. The molecule has 1 aliphatic heterocycles. The second-order valence-electron chi connectivity index (χ2n) is 6.32. The summed E-state index contributed by atoms with van der Waals surface area (Å²) in [6.07, 6.45) is -0.712. The van der Waals surface area contributed by atoms with Crippen molar-refractivity contribution in [3.63, 3.8) is 0 Å². The molecule has 0 bridgehead atoms. The SMILES string of the molecule is O=S(=O)(Cc1ccc(C(F)(F)F)cc1)NCc1ccnc(N2CCCC2)n1. The van der Waals surface area contributed by atoms with Crippen molar-refractivity contribution in [2.75, 3.05) is 18.0 Å². The molecule has 0 spiro atoms. The third-order valence-electron chi connectivity index (χ3n) is 4.20. The molecule has 1 saturated heterocycles. The molecular formula is C17H19F3N4O2S. The Morgan fingerprint density at radius 3 is 2.37 bits per heavy atom. The van der Waals surface area contributed by atoms with Crippen LogP contribution in [0.1, 0.15) is 29.7 Å². The van der Waals surface area contributed by atoms with Crippen LogP contribution in [0.15, 0.2) is 36.5 Å². The van der Waals surface area contributed by atoms with E-state index in [2.05, 4.69) is 14.7 Å². The first-order valence-corrected chi connectivity index (χ1v) is 10.1. The van der Waals surface area contributed by atoms with Crippen LogP contribution < -0.4 is 9.62 Å².